The van der Waals surface area contributed by atoms with Crippen LogP contribution in [0.4, 0.5) is 5.82 Å². The topological polar surface area (TPSA) is 97.6 Å². The van der Waals surface area contributed by atoms with Gasteiger partial charge in [-0.3, -0.25) is 14.5 Å². The number of carbonyl (C=O) groups is 2. The Morgan fingerprint density at radius 3 is 3.10 bits per heavy atom. The lowest BCUT2D eigenvalue weighted by Crippen LogP contribution is -2.42. The average molecular weight is 343 g/mol. The second kappa shape index (κ2) is 6.67. The van der Waals surface area contributed by atoms with Crippen molar-refractivity contribution in [3.05, 3.63) is 16.7 Å². The van der Waals surface area contributed by atoms with Crippen molar-refractivity contribution in [2.45, 2.75) is 6.42 Å². The molecule has 7 nitrogen and oxygen atoms in total. The van der Waals surface area contributed by atoms with Gasteiger partial charge in [-0.25, -0.2) is 4.98 Å². The molecule has 0 aromatic carbocycles. The highest BCUT2D eigenvalue weighted by molar-refractivity contribution is 9.10. The Labute approximate surface area is 124 Å². The Hall–Kier alpha value is -1.67. The quantitative estimate of drug-likeness (QED) is 0.736. The van der Waals surface area contributed by atoms with E-state index >= 15 is 0 Å². The Balaban J connectivity index is 2.06. The van der Waals surface area contributed by atoms with Crippen LogP contribution in [0.2, 0.25) is 0 Å². The summed E-state index contributed by atoms with van der Waals surface area (Å²) in [5, 5.41) is 2.66. The third kappa shape index (κ3) is 3.45. The molecular weight excluding hydrogens is 328 g/mol. The zero-order chi connectivity index (χ0) is 14.5. The molecule has 0 saturated heterocycles. The van der Waals surface area contributed by atoms with Gasteiger partial charge in [-0.15, -0.1) is 0 Å². The van der Waals surface area contributed by atoms with E-state index in [-0.39, 0.29) is 31.4 Å². The van der Waals surface area contributed by atoms with Crippen molar-refractivity contribution in [3.8, 4) is 5.75 Å². The van der Waals surface area contributed by atoms with Crippen LogP contribution in [0, 0.1) is 0 Å². The largest absolute Gasteiger partial charge is 0.480 e. The van der Waals surface area contributed by atoms with Crippen LogP contribution in [0.1, 0.15) is 6.42 Å². The minimum atomic E-state index is -0.213. The van der Waals surface area contributed by atoms with Crippen molar-refractivity contribution in [2.75, 3.05) is 31.1 Å². The van der Waals surface area contributed by atoms with E-state index in [1.54, 1.807) is 12.1 Å². The number of hydrogen-bond acceptors (Lipinski definition) is 5. The van der Waals surface area contributed by atoms with E-state index < -0.39 is 0 Å². The molecule has 2 heterocycles. The molecule has 2 rings (SSSR count). The summed E-state index contributed by atoms with van der Waals surface area (Å²) in [5.74, 6) is 0.610. The summed E-state index contributed by atoms with van der Waals surface area (Å²) in [4.78, 5) is 29.1. The van der Waals surface area contributed by atoms with Crippen molar-refractivity contribution in [2.24, 2.45) is 5.73 Å². The van der Waals surface area contributed by atoms with E-state index in [0.29, 0.717) is 29.3 Å². The van der Waals surface area contributed by atoms with Crippen LogP contribution >= 0.6 is 15.9 Å². The van der Waals surface area contributed by atoms with Crippen LogP contribution in [-0.4, -0.2) is 43.0 Å². The van der Waals surface area contributed by atoms with Gasteiger partial charge in [-0.2, -0.15) is 0 Å². The van der Waals surface area contributed by atoms with Crippen molar-refractivity contribution in [1.29, 1.82) is 0 Å². The first-order valence-corrected chi connectivity index (χ1v) is 6.97. The van der Waals surface area contributed by atoms with Gasteiger partial charge in [0.1, 0.15) is 4.60 Å². The molecule has 1 aromatic rings. The second-order valence-electron chi connectivity index (χ2n) is 4.18. The first kappa shape index (κ1) is 14.7. The Bertz CT molecular complexity index is 523. The summed E-state index contributed by atoms with van der Waals surface area (Å²) >= 11 is 3.25. The van der Waals surface area contributed by atoms with Gasteiger partial charge in [-0.05, 0) is 28.1 Å². The maximum Gasteiger partial charge on any atom is 0.266 e. The van der Waals surface area contributed by atoms with Gasteiger partial charge in [0.25, 0.3) is 5.91 Å². The maximum absolute atomic E-state index is 11.9. The monoisotopic (exact) mass is 342 g/mol. The molecule has 0 fully saturated rings. The van der Waals surface area contributed by atoms with Crippen LogP contribution in [0.3, 0.4) is 0 Å². The summed E-state index contributed by atoms with van der Waals surface area (Å²) in [5.41, 5.74) is 5.31. The number of ether oxygens (including phenoxy) is 1. The van der Waals surface area contributed by atoms with Crippen LogP contribution < -0.4 is 20.7 Å². The summed E-state index contributed by atoms with van der Waals surface area (Å²) in [6.07, 6.45) is 0.194. The number of halogens is 1. The van der Waals surface area contributed by atoms with Crippen molar-refractivity contribution in [1.82, 2.24) is 10.3 Å². The molecule has 1 aliphatic heterocycles. The lowest BCUT2D eigenvalue weighted by molar-refractivity contribution is -0.122. The van der Waals surface area contributed by atoms with Crippen molar-refractivity contribution < 1.29 is 14.3 Å². The molecule has 108 valence electrons. The van der Waals surface area contributed by atoms with E-state index in [9.17, 15) is 9.59 Å². The number of nitrogens with two attached hydrogens (primary N) is 1. The minimum absolute atomic E-state index is 0.0409. The number of fused-ring (bicyclic) bond motifs is 1. The van der Waals surface area contributed by atoms with Gasteiger partial charge in [0.2, 0.25) is 5.91 Å². The highest BCUT2D eigenvalue weighted by atomic mass is 79.9. The van der Waals surface area contributed by atoms with Gasteiger partial charge >= 0.3 is 0 Å². The van der Waals surface area contributed by atoms with Crippen LogP contribution in [0.25, 0.3) is 0 Å². The molecule has 2 amide bonds. The van der Waals surface area contributed by atoms with Crippen LogP contribution in [0.5, 0.6) is 5.75 Å². The molecule has 1 aromatic heterocycles. The molecule has 0 unspecified atom stereocenters. The summed E-state index contributed by atoms with van der Waals surface area (Å²) in [6.45, 7) is 1.03. The standard InChI is InChI=1S/C12H15BrN4O3/c13-9-2-1-8-12(16-9)17(11(19)7-20-8)6-3-10(18)15-5-4-14/h1-2H,3-7,14H2,(H,15,18). The number of nitrogens with one attached hydrogen (secondary N) is 1. The minimum Gasteiger partial charge on any atom is -0.480 e. The summed E-state index contributed by atoms with van der Waals surface area (Å²) in [6, 6.07) is 3.47. The predicted molar refractivity (Wildman–Crippen MR) is 76.5 cm³/mol. The molecule has 3 N–H and O–H groups in total. The lowest BCUT2D eigenvalue weighted by Gasteiger charge is -2.28. The zero-order valence-corrected chi connectivity index (χ0v) is 12.4. The maximum atomic E-state index is 11.9. The fourth-order valence-corrected chi connectivity index (χ4v) is 2.10. The number of aromatic nitrogens is 1. The van der Waals surface area contributed by atoms with E-state index in [0.717, 1.165) is 0 Å². The molecule has 0 radical (unpaired) electrons. The molecule has 0 spiro atoms. The molecule has 0 bridgehead atoms. The highest BCUT2D eigenvalue weighted by Crippen LogP contribution is 2.31. The number of amides is 2. The predicted octanol–water partition coefficient (Wildman–Crippen LogP) is 0.0345. The normalized spacial score (nSPS) is 13.7. The average Bonchev–Trinajstić information content (AvgIpc) is 2.44. The van der Waals surface area contributed by atoms with E-state index in [1.807, 2.05) is 0 Å². The molecule has 0 atom stereocenters. The second-order valence-corrected chi connectivity index (χ2v) is 4.99. The van der Waals surface area contributed by atoms with Crippen molar-refractivity contribution >= 4 is 33.6 Å². The molecule has 0 aliphatic carbocycles. The first-order valence-electron chi connectivity index (χ1n) is 6.18. The summed E-state index contributed by atoms with van der Waals surface area (Å²) < 4.78 is 5.90. The fourth-order valence-electron chi connectivity index (χ4n) is 1.80. The van der Waals surface area contributed by atoms with Gasteiger partial charge in [0.05, 0.1) is 0 Å². The molecule has 1 aliphatic rings. The Morgan fingerprint density at radius 1 is 1.55 bits per heavy atom. The van der Waals surface area contributed by atoms with Crippen LogP contribution in [-0.2, 0) is 9.59 Å². The smallest absolute Gasteiger partial charge is 0.266 e. The Kier molecular flexibility index (Phi) is 4.91. The number of nitrogens with zero attached hydrogens (tertiary/aromatic N) is 2. The first-order chi connectivity index (χ1) is 9.61. The van der Waals surface area contributed by atoms with Gasteiger partial charge < -0.3 is 15.8 Å². The van der Waals surface area contributed by atoms with Crippen LogP contribution in [0.15, 0.2) is 16.7 Å². The molecule has 0 saturated carbocycles. The third-order valence-electron chi connectivity index (χ3n) is 2.74. The highest BCUT2D eigenvalue weighted by Gasteiger charge is 2.27. The fraction of sp³-hybridized carbons (Fsp3) is 0.417. The lowest BCUT2D eigenvalue weighted by atomic mass is 10.3. The van der Waals surface area contributed by atoms with E-state index in [1.165, 1.54) is 4.90 Å². The SMILES string of the molecule is NCCNC(=O)CCN1C(=O)COc2ccc(Br)nc21. The molecular formula is C12H15BrN4O3. The number of pyridine rings is 1. The zero-order valence-electron chi connectivity index (χ0n) is 10.8. The molecule has 20 heavy (non-hydrogen) atoms. The molecule has 8 heteroatoms. The third-order valence-corrected chi connectivity index (χ3v) is 3.18. The number of rotatable bonds is 5. The van der Waals surface area contributed by atoms with Gasteiger partial charge in [0, 0.05) is 26.1 Å². The van der Waals surface area contributed by atoms with Gasteiger partial charge in [0.15, 0.2) is 18.2 Å². The van der Waals surface area contributed by atoms with E-state index in [2.05, 4.69) is 26.2 Å². The van der Waals surface area contributed by atoms with E-state index in [4.69, 9.17) is 10.5 Å². The number of hydrogen-bond donors (Lipinski definition) is 2. The summed E-state index contributed by atoms with van der Waals surface area (Å²) in [7, 11) is 0. The Morgan fingerprint density at radius 2 is 2.35 bits per heavy atom. The van der Waals surface area contributed by atoms with Crippen molar-refractivity contribution in [3.63, 3.8) is 0 Å². The number of carbonyl (C=O) groups excluding carboxylic acids is 2. The van der Waals surface area contributed by atoms with Gasteiger partial charge in [-0.1, -0.05) is 0 Å². The number of anilines is 1.